The third-order valence-corrected chi connectivity index (χ3v) is 6.67. The Morgan fingerprint density at radius 2 is 1.82 bits per heavy atom. The number of hydrogen-bond acceptors (Lipinski definition) is 5. The van der Waals surface area contributed by atoms with Gasteiger partial charge in [0.1, 0.15) is 11.6 Å². The van der Waals surface area contributed by atoms with Gasteiger partial charge in [0.25, 0.3) is 5.56 Å². The monoisotopic (exact) mass is 484 g/mol. The topological polar surface area (TPSA) is 101 Å². The highest BCUT2D eigenvalue weighted by molar-refractivity contribution is 8.00. The molecule has 0 fully saturated rings. The first-order valence-corrected chi connectivity index (χ1v) is 12.2. The fourth-order valence-corrected chi connectivity index (χ4v) is 4.53. The Balaban J connectivity index is 1.90. The van der Waals surface area contributed by atoms with Gasteiger partial charge >= 0.3 is 5.69 Å². The summed E-state index contributed by atoms with van der Waals surface area (Å²) in [7, 11) is 0. The maximum absolute atomic E-state index is 14.1. The molecule has 0 aliphatic carbocycles. The largest absolute Gasteiger partial charge is 0.383 e. The second-order valence-electron chi connectivity index (χ2n) is 7.94. The average Bonchev–Trinajstić information content (AvgIpc) is 2.83. The minimum Gasteiger partial charge on any atom is -0.383 e. The normalized spacial score (nSPS) is 11.9. The fourth-order valence-electron chi connectivity index (χ4n) is 3.61. The summed E-state index contributed by atoms with van der Waals surface area (Å²) in [4.78, 5) is 42.2. The van der Waals surface area contributed by atoms with Gasteiger partial charge in [0.15, 0.2) is 5.69 Å². The number of nitrogen functional groups attached to an aromatic ring is 1. The van der Waals surface area contributed by atoms with Crippen LogP contribution in [0.5, 0.6) is 0 Å². The number of anilines is 2. The maximum Gasteiger partial charge on any atom is 0.330 e. The molecule has 1 unspecified atom stereocenters. The number of amides is 1. The molecule has 34 heavy (non-hydrogen) atoms. The van der Waals surface area contributed by atoms with Gasteiger partial charge in [-0.1, -0.05) is 61.9 Å². The van der Waals surface area contributed by atoms with Crippen LogP contribution in [0.1, 0.15) is 43.1 Å². The Morgan fingerprint density at radius 3 is 2.50 bits per heavy atom. The molecule has 3 rings (SSSR count). The zero-order chi connectivity index (χ0) is 24.7. The van der Waals surface area contributed by atoms with Gasteiger partial charge in [-0.05, 0) is 25.0 Å². The number of unbranched alkanes of at least 4 members (excludes halogenated alkanes) is 1. The Morgan fingerprint density at radius 1 is 1.15 bits per heavy atom. The quantitative estimate of drug-likeness (QED) is 0.454. The third kappa shape index (κ3) is 5.96. The number of aromatic nitrogens is 2. The number of nitrogens with zero attached hydrogens (tertiary/aromatic N) is 2. The van der Waals surface area contributed by atoms with Gasteiger partial charge in [0.05, 0.1) is 12.3 Å². The van der Waals surface area contributed by atoms with E-state index in [-0.39, 0.29) is 47.3 Å². The molecule has 180 valence electrons. The van der Waals surface area contributed by atoms with Gasteiger partial charge in [-0.3, -0.25) is 19.1 Å². The van der Waals surface area contributed by atoms with Crippen LogP contribution in [0.3, 0.4) is 0 Å². The summed E-state index contributed by atoms with van der Waals surface area (Å²) < 4.78 is 15.4. The molecule has 1 atom stereocenters. The first kappa shape index (κ1) is 25.3. The summed E-state index contributed by atoms with van der Waals surface area (Å²) in [5.41, 5.74) is 6.26. The van der Waals surface area contributed by atoms with Crippen LogP contribution < -0.4 is 21.9 Å². The van der Waals surface area contributed by atoms with Crippen molar-refractivity contribution in [1.82, 2.24) is 9.55 Å². The van der Waals surface area contributed by atoms with E-state index in [9.17, 15) is 18.8 Å². The summed E-state index contributed by atoms with van der Waals surface area (Å²) >= 11 is 1.28. The molecular weight excluding hydrogens is 455 g/mol. The molecule has 0 saturated carbocycles. The van der Waals surface area contributed by atoms with Crippen molar-refractivity contribution >= 4 is 29.2 Å². The van der Waals surface area contributed by atoms with Crippen molar-refractivity contribution in [2.45, 2.75) is 38.5 Å². The molecule has 1 heterocycles. The zero-order valence-electron chi connectivity index (χ0n) is 19.3. The summed E-state index contributed by atoms with van der Waals surface area (Å²) in [6.07, 6.45) is 1.44. The van der Waals surface area contributed by atoms with E-state index < -0.39 is 11.2 Å². The maximum atomic E-state index is 14.1. The Kier molecular flexibility index (Phi) is 8.70. The number of H-pyrrole nitrogens is 1. The number of benzene rings is 2. The van der Waals surface area contributed by atoms with E-state index in [1.807, 2.05) is 44.2 Å². The van der Waals surface area contributed by atoms with Gasteiger partial charge in [-0.2, -0.15) is 0 Å². The van der Waals surface area contributed by atoms with Gasteiger partial charge in [0, 0.05) is 17.4 Å². The molecule has 0 saturated heterocycles. The van der Waals surface area contributed by atoms with Crippen molar-refractivity contribution in [2.75, 3.05) is 22.9 Å². The highest BCUT2D eigenvalue weighted by atomic mass is 32.2. The lowest BCUT2D eigenvalue weighted by atomic mass is 10.1. The first-order chi connectivity index (χ1) is 16.3. The van der Waals surface area contributed by atoms with Crippen LogP contribution in [-0.4, -0.2) is 27.8 Å². The van der Waals surface area contributed by atoms with Crippen LogP contribution in [-0.2, 0) is 11.3 Å². The van der Waals surface area contributed by atoms with Crippen LogP contribution in [0.2, 0.25) is 0 Å². The number of carbonyl (C=O) groups is 1. The van der Waals surface area contributed by atoms with Crippen LogP contribution in [0.15, 0.2) is 64.2 Å². The van der Waals surface area contributed by atoms with Crippen molar-refractivity contribution in [2.24, 2.45) is 0 Å². The van der Waals surface area contributed by atoms with E-state index in [2.05, 4.69) is 4.98 Å². The molecule has 2 aromatic carbocycles. The molecule has 1 amide bonds. The Labute approximate surface area is 201 Å². The van der Waals surface area contributed by atoms with Crippen molar-refractivity contribution in [3.8, 4) is 0 Å². The summed E-state index contributed by atoms with van der Waals surface area (Å²) in [5, 5.41) is -0.263. The number of halogens is 1. The van der Waals surface area contributed by atoms with Crippen molar-refractivity contribution in [3.63, 3.8) is 0 Å². The molecule has 9 heteroatoms. The van der Waals surface area contributed by atoms with E-state index in [4.69, 9.17) is 5.73 Å². The van der Waals surface area contributed by atoms with E-state index in [1.165, 1.54) is 27.3 Å². The highest BCUT2D eigenvalue weighted by Crippen LogP contribution is 2.30. The fraction of sp³-hybridized carbons (Fsp3) is 0.320. The Hall–Kier alpha value is -3.33. The molecule has 0 bridgehead atoms. The standard InChI is InChI=1S/C25H29FN4O3S/c1-3-4-14-29(21(31)16-34-17(2)19-12-8-9-13-20(19)26)22-23(27)30(25(33)28-24(22)32)15-18-10-6-5-7-11-18/h5-13,17H,3-4,14-16,27H2,1-2H3,(H,28,32,33). The minimum atomic E-state index is -0.705. The van der Waals surface area contributed by atoms with E-state index in [0.717, 1.165) is 12.0 Å². The molecule has 0 spiro atoms. The molecule has 7 nitrogen and oxygen atoms in total. The molecule has 3 N–H and O–H groups in total. The molecule has 0 radical (unpaired) electrons. The lowest BCUT2D eigenvalue weighted by Crippen LogP contribution is -2.42. The van der Waals surface area contributed by atoms with Crippen molar-refractivity contribution in [1.29, 1.82) is 0 Å². The first-order valence-electron chi connectivity index (χ1n) is 11.2. The predicted molar refractivity (Wildman–Crippen MR) is 136 cm³/mol. The highest BCUT2D eigenvalue weighted by Gasteiger charge is 2.25. The number of aromatic amines is 1. The third-order valence-electron chi connectivity index (χ3n) is 5.50. The summed E-state index contributed by atoms with van der Waals surface area (Å²) in [6, 6.07) is 15.7. The molecule has 0 aliphatic rings. The molecule has 1 aromatic heterocycles. The number of nitrogens with two attached hydrogens (primary N) is 1. The number of carbonyl (C=O) groups excluding carboxylic acids is 1. The summed E-state index contributed by atoms with van der Waals surface area (Å²) in [6.45, 7) is 4.24. The second-order valence-corrected chi connectivity index (χ2v) is 9.27. The van der Waals surface area contributed by atoms with E-state index in [1.54, 1.807) is 18.2 Å². The molecular formula is C25H29FN4O3S. The van der Waals surface area contributed by atoms with Gasteiger partial charge < -0.3 is 10.6 Å². The lowest BCUT2D eigenvalue weighted by Gasteiger charge is -2.25. The van der Waals surface area contributed by atoms with Crippen molar-refractivity contribution < 1.29 is 9.18 Å². The lowest BCUT2D eigenvalue weighted by molar-refractivity contribution is -0.116. The van der Waals surface area contributed by atoms with Crippen molar-refractivity contribution in [3.05, 3.63) is 92.4 Å². The van der Waals surface area contributed by atoms with E-state index in [0.29, 0.717) is 12.0 Å². The Bertz CT molecular complexity index is 1240. The predicted octanol–water partition coefficient (Wildman–Crippen LogP) is 3.93. The van der Waals surface area contributed by atoms with Gasteiger partial charge in [0.2, 0.25) is 5.91 Å². The molecule has 3 aromatic rings. The number of nitrogens with one attached hydrogen (secondary N) is 1. The van der Waals surface area contributed by atoms with Crippen LogP contribution >= 0.6 is 11.8 Å². The van der Waals surface area contributed by atoms with Crippen LogP contribution in [0.25, 0.3) is 0 Å². The van der Waals surface area contributed by atoms with Gasteiger partial charge in [-0.25, -0.2) is 9.18 Å². The zero-order valence-corrected chi connectivity index (χ0v) is 20.1. The van der Waals surface area contributed by atoms with Gasteiger partial charge in [-0.15, -0.1) is 11.8 Å². The number of rotatable bonds is 10. The van der Waals surface area contributed by atoms with Crippen LogP contribution in [0.4, 0.5) is 15.9 Å². The van der Waals surface area contributed by atoms with E-state index >= 15 is 0 Å². The SMILES string of the molecule is CCCCN(C(=O)CSC(C)c1ccccc1F)c1c(N)n(Cc2ccccc2)c(=O)[nH]c1=O. The second kappa shape index (κ2) is 11.7. The number of hydrogen-bond donors (Lipinski definition) is 2. The average molecular weight is 485 g/mol. The minimum absolute atomic E-state index is 0.0237. The smallest absolute Gasteiger partial charge is 0.330 e. The summed E-state index contributed by atoms with van der Waals surface area (Å²) in [5.74, 6) is -0.694. The van der Waals surface area contributed by atoms with Crippen LogP contribution in [0, 0.1) is 5.82 Å². The number of thioether (sulfide) groups is 1. The molecule has 0 aliphatic heterocycles.